The predicted molar refractivity (Wildman–Crippen MR) is 194 cm³/mol. The summed E-state index contributed by atoms with van der Waals surface area (Å²) in [5, 5.41) is 0. The van der Waals surface area contributed by atoms with Crippen LogP contribution in [0.4, 0.5) is 5.69 Å². The third-order valence-corrected chi connectivity index (χ3v) is 10.5. The zero-order valence-corrected chi connectivity index (χ0v) is 26.8. The van der Waals surface area contributed by atoms with E-state index in [2.05, 4.69) is 149 Å². The highest BCUT2D eigenvalue weighted by molar-refractivity contribution is 5.70. The number of benzene rings is 2. The molecular formula is C44H44N2. The third kappa shape index (κ3) is 5.89. The molecule has 2 aromatic rings. The molecule has 0 radical (unpaired) electrons. The van der Waals surface area contributed by atoms with Crippen LogP contribution in [0.25, 0.3) is 6.08 Å². The Morgan fingerprint density at radius 2 is 1.35 bits per heavy atom. The first-order valence-corrected chi connectivity index (χ1v) is 17.4. The molecule has 0 aliphatic heterocycles. The first-order valence-electron chi connectivity index (χ1n) is 17.4. The quantitative estimate of drug-likeness (QED) is 0.312. The van der Waals surface area contributed by atoms with Crippen molar-refractivity contribution in [1.82, 2.24) is 4.90 Å². The second-order valence-electron chi connectivity index (χ2n) is 13.4. The van der Waals surface area contributed by atoms with Crippen LogP contribution in [0.2, 0.25) is 0 Å². The van der Waals surface area contributed by atoms with Crippen LogP contribution in [0.15, 0.2) is 168 Å². The summed E-state index contributed by atoms with van der Waals surface area (Å²) in [7, 11) is 0. The number of fused-ring (bicyclic) bond motifs is 1. The Hall–Kier alpha value is -4.56. The summed E-state index contributed by atoms with van der Waals surface area (Å²) in [4.78, 5) is 5.14. The Balaban J connectivity index is 1.00. The Morgan fingerprint density at radius 3 is 2.13 bits per heavy atom. The van der Waals surface area contributed by atoms with Crippen LogP contribution in [0, 0.1) is 11.8 Å². The number of aryl methyl sites for hydroxylation is 1. The number of rotatable bonds is 7. The van der Waals surface area contributed by atoms with Gasteiger partial charge in [-0.25, -0.2) is 0 Å². The molecule has 0 fully saturated rings. The summed E-state index contributed by atoms with van der Waals surface area (Å²) >= 11 is 0. The molecule has 2 nitrogen and oxygen atoms in total. The van der Waals surface area contributed by atoms with Crippen LogP contribution in [0.1, 0.15) is 62.5 Å². The monoisotopic (exact) mass is 600 g/mol. The van der Waals surface area contributed by atoms with E-state index < -0.39 is 0 Å². The smallest absolute Gasteiger partial charge is 0.0556 e. The van der Waals surface area contributed by atoms with Crippen molar-refractivity contribution in [3.8, 4) is 0 Å². The average molecular weight is 601 g/mol. The Labute approximate surface area is 275 Å². The van der Waals surface area contributed by atoms with E-state index in [4.69, 9.17) is 0 Å². The summed E-state index contributed by atoms with van der Waals surface area (Å²) in [6, 6.07) is 20.1. The van der Waals surface area contributed by atoms with Crippen molar-refractivity contribution < 1.29 is 0 Å². The molecule has 46 heavy (non-hydrogen) atoms. The van der Waals surface area contributed by atoms with E-state index in [1.165, 1.54) is 52.4 Å². The van der Waals surface area contributed by atoms with Crippen LogP contribution in [-0.4, -0.2) is 10.9 Å². The van der Waals surface area contributed by atoms with Crippen LogP contribution in [0.5, 0.6) is 0 Å². The highest BCUT2D eigenvalue weighted by Crippen LogP contribution is 2.40. The minimum atomic E-state index is 0.384. The molecule has 8 rings (SSSR count). The molecule has 3 unspecified atom stereocenters. The third-order valence-electron chi connectivity index (χ3n) is 10.5. The molecule has 6 aliphatic rings. The second kappa shape index (κ2) is 13.0. The molecule has 230 valence electrons. The van der Waals surface area contributed by atoms with Gasteiger partial charge in [-0.05, 0) is 128 Å². The molecule has 0 N–H and O–H groups in total. The molecule has 0 bridgehead atoms. The zero-order chi connectivity index (χ0) is 30.7. The summed E-state index contributed by atoms with van der Waals surface area (Å²) in [6.45, 7) is 0. The lowest BCUT2D eigenvalue weighted by Gasteiger charge is -2.39. The molecule has 6 aliphatic carbocycles. The highest BCUT2D eigenvalue weighted by atomic mass is 15.2. The number of anilines is 1. The van der Waals surface area contributed by atoms with Gasteiger partial charge in [0.25, 0.3) is 0 Å². The van der Waals surface area contributed by atoms with Crippen molar-refractivity contribution in [1.29, 1.82) is 0 Å². The van der Waals surface area contributed by atoms with E-state index >= 15 is 0 Å². The maximum atomic E-state index is 2.65. The fraction of sp³-hybridized carbons (Fsp3) is 0.273. The van der Waals surface area contributed by atoms with Crippen LogP contribution < -0.4 is 4.90 Å². The van der Waals surface area contributed by atoms with Crippen molar-refractivity contribution >= 4 is 11.8 Å². The first-order chi connectivity index (χ1) is 22.8. The van der Waals surface area contributed by atoms with Crippen molar-refractivity contribution in [2.75, 3.05) is 4.90 Å². The SMILES string of the molecule is C1=CCC(N(C2=CCC(C3C=CC(N(C4=Cc5ccccc5CC4)c4ccccc4)=CC3)C=C2)C2=CC3=C(C=CCC3)CC2)C=C1. The lowest BCUT2D eigenvalue weighted by atomic mass is 9.81. The molecule has 3 atom stereocenters. The van der Waals surface area contributed by atoms with Gasteiger partial charge in [-0.2, -0.15) is 0 Å². The summed E-state index contributed by atoms with van der Waals surface area (Å²) in [6.07, 6.45) is 43.5. The highest BCUT2D eigenvalue weighted by Gasteiger charge is 2.28. The van der Waals surface area contributed by atoms with E-state index in [1.54, 1.807) is 11.1 Å². The molecule has 2 aromatic carbocycles. The van der Waals surface area contributed by atoms with Crippen molar-refractivity contribution in [3.05, 3.63) is 179 Å². The van der Waals surface area contributed by atoms with Crippen LogP contribution in [0.3, 0.4) is 0 Å². The van der Waals surface area contributed by atoms with Gasteiger partial charge in [0.15, 0.2) is 0 Å². The number of para-hydroxylation sites is 1. The van der Waals surface area contributed by atoms with Gasteiger partial charge in [-0.15, -0.1) is 0 Å². The number of nitrogens with zero attached hydrogens (tertiary/aromatic N) is 2. The summed E-state index contributed by atoms with van der Waals surface area (Å²) in [5.74, 6) is 1.03. The first kappa shape index (κ1) is 28.9. The molecule has 0 saturated heterocycles. The van der Waals surface area contributed by atoms with Gasteiger partial charge >= 0.3 is 0 Å². The lowest BCUT2D eigenvalue weighted by Crippen LogP contribution is -2.34. The number of hydrogen-bond donors (Lipinski definition) is 0. The van der Waals surface area contributed by atoms with E-state index in [-0.39, 0.29) is 0 Å². The van der Waals surface area contributed by atoms with Gasteiger partial charge in [-0.3, -0.25) is 0 Å². The summed E-state index contributed by atoms with van der Waals surface area (Å²) in [5.41, 5.74) is 12.7. The number of allylic oxidation sites excluding steroid dienone is 15. The largest absolute Gasteiger partial charge is 0.338 e. The Bertz CT molecular complexity index is 1780. The maximum Gasteiger partial charge on any atom is 0.0556 e. The fourth-order valence-electron chi connectivity index (χ4n) is 8.08. The van der Waals surface area contributed by atoms with Gasteiger partial charge in [0.1, 0.15) is 0 Å². The van der Waals surface area contributed by atoms with Crippen molar-refractivity contribution in [3.63, 3.8) is 0 Å². The topological polar surface area (TPSA) is 6.48 Å². The normalized spacial score (nSPS) is 24.8. The lowest BCUT2D eigenvalue weighted by molar-refractivity contribution is 0.349. The van der Waals surface area contributed by atoms with Crippen LogP contribution >= 0.6 is 0 Å². The standard InChI is InChI=1S/C44H44N2/c1-3-15-39(16-4-1)45(43-29-23-33-11-7-9-13-37(33)31-43)41-25-19-35(20-26-41)36-21-27-42(28-22-36)46(40-17-5-2-6-18-40)44-30-24-34-12-8-10-14-38(34)32-44/h1-9,11-13,15-17,19,21,25-28,31-32,35-36,40H,10,14,18,20,22-24,29-30H2. The maximum absolute atomic E-state index is 2.65. The molecule has 0 aromatic heterocycles. The number of hydrogen-bond acceptors (Lipinski definition) is 2. The Morgan fingerprint density at radius 1 is 0.565 bits per heavy atom. The van der Waals surface area contributed by atoms with Gasteiger partial charge < -0.3 is 9.80 Å². The molecule has 0 heterocycles. The van der Waals surface area contributed by atoms with E-state index in [9.17, 15) is 0 Å². The van der Waals surface area contributed by atoms with Gasteiger partial charge in [0.2, 0.25) is 0 Å². The van der Waals surface area contributed by atoms with Gasteiger partial charge in [0, 0.05) is 28.5 Å². The molecule has 0 spiro atoms. The predicted octanol–water partition coefficient (Wildman–Crippen LogP) is 10.9. The molecule has 2 heteroatoms. The van der Waals surface area contributed by atoms with E-state index in [0.29, 0.717) is 17.9 Å². The molecule has 0 amide bonds. The average Bonchev–Trinajstić information content (AvgIpc) is 3.13. The minimum Gasteiger partial charge on any atom is -0.338 e. The molecular weight excluding hydrogens is 556 g/mol. The van der Waals surface area contributed by atoms with E-state index in [1.807, 2.05) is 0 Å². The van der Waals surface area contributed by atoms with Gasteiger partial charge in [0.05, 0.1) is 6.04 Å². The van der Waals surface area contributed by atoms with E-state index in [0.717, 1.165) is 44.9 Å². The summed E-state index contributed by atoms with van der Waals surface area (Å²) < 4.78 is 0. The molecule has 0 saturated carbocycles. The second-order valence-corrected chi connectivity index (χ2v) is 13.4. The van der Waals surface area contributed by atoms with Crippen molar-refractivity contribution in [2.24, 2.45) is 11.8 Å². The fourth-order valence-corrected chi connectivity index (χ4v) is 8.08. The Kier molecular flexibility index (Phi) is 8.19. The van der Waals surface area contributed by atoms with Gasteiger partial charge in [-0.1, -0.05) is 103 Å². The van der Waals surface area contributed by atoms with Crippen molar-refractivity contribution in [2.45, 2.75) is 63.8 Å². The zero-order valence-electron chi connectivity index (χ0n) is 26.8. The van der Waals surface area contributed by atoms with Crippen LogP contribution in [-0.2, 0) is 6.42 Å². The minimum absolute atomic E-state index is 0.384.